The van der Waals surface area contributed by atoms with Gasteiger partial charge in [-0.1, -0.05) is 30.3 Å². The van der Waals surface area contributed by atoms with Crippen LogP contribution in [0.15, 0.2) is 66.7 Å². The number of benzene rings is 3. The van der Waals surface area contributed by atoms with Crippen molar-refractivity contribution in [3.05, 3.63) is 89.0 Å². The van der Waals surface area contributed by atoms with Gasteiger partial charge in [-0.3, -0.25) is 9.69 Å². The van der Waals surface area contributed by atoms with Crippen molar-refractivity contribution in [2.24, 2.45) is 0 Å². The van der Waals surface area contributed by atoms with Crippen molar-refractivity contribution in [3.8, 4) is 17.6 Å². The molecule has 0 fully saturated rings. The highest BCUT2D eigenvalue weighted by atomic mass is 16.5. The number of methoxy groups -OCH3 is 2. The lowest BCUT2D eigenvalue weighted by Gasteiger charge is -2.25. The van der Waals surface area contributed by atoms with E-state index in [1.54, 1.807) is 41.3 Å². The molecule has 0 heterocycles. The fourth-order valence-electron chi connectivity index (χ4n) is 3.62. The summed E-state index contributed by atoms with van der Waals surface area (Å²) in [6.07, 6.45) is 0.192. The number of amides is 2. The number of aliphatic carboxylic acids is 1. The van der Waals surface area contributed by atoms with Gasteiger partial charge < -0.3 is 19.9 Å². The van der Waals surface area contributed by atoms with Crippen molar-refractivity contribution in [2.75, 3.05) is 19.1 Å². The molecule has 0 aliphatic carbocycles. The van der Waals surface area contributed by atoms with Gasteiger partial charge in [0.2, 0.25) is 0 Å². The average molecular weight is 474 g/mol. The number of hydrogen-bond acceptors (Lipinski definition) is 5. The van der Waals surface area contributed by atoms with Gasteiger partial charge in [0, 0.05) is 18.7 Å². The molecule has 35 heavy (non-hydrogen) atoms. The molecule has 180 valence electrons. The molecule has 3 rings (SSSR count). The van der Waals surface area contributed by atoms with Crippen LogP contribution in [0.2, 0.25) is 0 Å². The van der Waals surface area contributed by atoms with Crippen LogP contribution in [0.4, 0.5) is 10.5 Å². The molecule has 0 aliphatic rings. The number of nitrogens with one attached hydrogen (secondary N) is 1. The van der Waals surface area contributed by atoms with Gasteiger partial charge in [0.15, 0.2) is 11.5 Å². The third-order valence-electron chi connectivity index (χ3n) is 5.48. The SMILES string of the molecule is COc1cc(CCC(=O)O)c(CN(C(=O)NCc2ccccc2)c2ccc(C#N)cc2)cc1OC. The first-order chi connectivity index (χ1) is 16.9. The molecule has 3 aromatic carbocycles. The van der Waals surface area contributed by atoms with Crippen molar-refractivity contribution in [1.29, 1.82) is 5.26 Å². The van der Waals surface area contributed by atoms with E-state index in [9.17, 15) is 14.7 Å². The average Bonchev–Trinajstić information content (AvgIpc) is 2.89. The molecule has 8 heteroatoms. The van der Waals surface area contributed by atoms with Crippen LogP contribution in [0.25, 0.3) is 0 Å². The number of hydrogen-bond donors (Lipinski definition) is 2. The van der Waals surface area contributed by atoms with Crippen molar-refractivity contribution in [1.82, 2.24) is 5.32 Å². The topological polar surface area (TPSA) is 112 Å². The zero-order valence-electron chi connectivity index (χ0n) is 19.7. The summed E-state index contributed by atoms with van der Waals surface area (Å²) >= 11 is 0. The zero-order chi connectivity index (χ0) is 25.2. The van der Waals surface area contributed by atoms with Gasteiger partial charge in [-0.2, -0.15) is 5.26 Å². The van der Waals surface area contributed by atoms with E-state index in [1.807, 2.05) is 30.3 Å². The normalized spacial score (nSPS) is 10.2. The van der Waals surface area contributed by atoms with E-state index in [0.717, 1.165) is 16.7 Å². The molecule has 0 atom stereocenters. The maximum absolute atomic E-state index is 13.3. The van der Waals surface area contributed by atoms with Crippen molar-refractivity contribution >= 4 is 17.7 Å². The number of carboxylic acid groups (broad SMARTS) is 1. The maximum Gasteiger partial charge on any atom is 0.322 e. The lowest BCUT2D eigenvalue weighted by Crippen LogP contribution is -2.39. The van der Waals surface area contributed by atoms with E-state index in [2.05, 4.69) is 11.4 Å². The Morgan fingerprint density at radius 3 is 2.17 bits per heavy atom. The van der Waals surface area contributed by atoms with E-state index >= 15 is 0 Å². The summed E-state index contributed by atoms with van der Waals surface area (Å²) in [5.41, 5.74) is 3.48. The van der Waals surface area contributed by atoms with Crippen LogP contribution < -0.4 is 19.7 Å². The molecule has 0 saturated heterocycles. The number of rotatable bonds is 10. The highest BCUT2D eigenvalue weighted by molar-refractivity contribution is 5.92. The Balaban J connectivity index is 1.96. The molecule has 0 spiro atoms. The molecule has 2 N–H and O–H groups in total. The van der Waals surface area contributed by atoms with Gasteiger partial charge in [0.1, 0.15) is 0 Å². The summed E-state index contributed by atoms with van der Waals surface area (Å²) in [7, 11) is 3.03. The molecule has 8 nitrogen and oxygen atoms in total. The van der Waals surface area contributed by atoms with Gasteiger partial charge in [-0.15, -0.1) is 0 Å². The second kappa shape index (κ2) is 12.1. The molecular weight excluding hydrogens is 446 g/mol. The Bertz CT molecular complexity index is 1200. The minimum atomic E-state index is -0.921. The van der Waals surface area contributed by atoms with E-state index in [0.29, 0.717) is 29.3 Å². The highest BCUT2D eigenvalue weighted by Crippen LogP contribution is 2.33. The Morgan fingerprint density at radius 1 is 0.971 bits per heavy atom. The molecule has 0 unspecified atom stereocenters. The van der Waals surface area contributed by atoms with Crippen LogP contribution in [0.1, 0.15) is 28.7 Å². The molecule has 3 aromatic rings. The predicted octanol–water partition coefficient (Wildman–Crippen LogP) is 4.51. The first-order valence-corrected chi connectivity index (χ1v) is 11.0. The third-order valence-corrected chi connectivity index (χ3v) is 5.48. The monoisotopic (exact) mass is 473 g/mol. The number of urea groups is 1. The van der Waals surface area contributed by atoms with Crippen LogP contribution in [0.5, 0.6) is 11.5 Å². The molecule has 0 aliphatic heterocycles. The summed E-state index contributed by atoms with van der Waals surface area (Å²) in [4.78, 5) is 26.1. The number of aryl methyl sites for hydroxylation is 1. The molecule has 0 aromatic heterocycles. The Morgan fingerprint density at radius 2 is 1.60 bits per heavy atom. The molecule has 0 radical (unpaired) electrons. The Kier molecular flexibility index (Phi) is 8.68. The number of ether oxygens (including phenoxy) is 2. The summed E-state index contributed by atoms with van der Waals surface area (Å²) in [6, 6.07) is 21.5. The maximum atomic E-state index is 13.3. The van der Waals surface area contributed by atoms with Gasteiger partial charge in [0.05, 0.1) is 32.4 Å². The second-order valence-electron chi connectivity index (χ2n) is 7.76. The number of nitrogens with zero attached hydrogens (tertiary/aromatic N) is 2. The lowest BCUT2D eigenvalue weighted by atomic mass is 10.0. The fourth-order valence-corrected chi connectivity index (χ4v) is 3.62. The summed E-state index contributed by atoms with van der Waals surface area (Å²) in [5.74, 6) is 0.0384. The first-order valence-electron chi connectivity index (χ1n) is 11.0. The van der Waals surface area contributed by atoms with Crippen molar-refractivity contribution in [3.63, 3.8) is 0 Å². The highest BCUT2D eigenvalue weighted by Gasteiger charge is 2.20. The molecule has 2 amide bonds. The second-order valence-corrected chi connectivity index (χ2v) is 7.76. The predicted molar refractivity (Wildman–Crippen MR) is 132 cm³/mol. The Hall–Kier alpha value is -4.51. The van der Waals surface area contributed by atoms with E-state index < -0.39 is 5.97 Å². The molecular formula is C27H27N3O5. The quantitative estimate of drug-likeness (QED) is 0.448. The number of carbonyl (C=O) groups excluding carboxylic acids is 1. The van der Waals surface area contributed by atoms with Crippen molar-refractivity contribution < 1.29 is 24.2 Å². The van der Waals surface area contributed by atoms with Crippen LogP contribution in [0.3, 0.4) is 0 Å². The number of carboxylic acids is 1. The minimum Gasteiger partial charge on any atom is -0.493 e. The first kappa shape index (κ1) is 25.1. The van der Waals surface area contributed by atoms with E-state index in [4.69, 9.17) is 14.7 Å². The van der Waals surface area contributed by atoms with Crippen LogP contribution in [-0.4, -0.2) is 31.3 Å². The fraction of sp³-hybridized carbons (Fsp3) is 0.222. The van der Waals surface area contributed by atoms with Crippen LogP contribution >= 0.6 is 0 Å². The minimum absolute atomic E-state index is 0.0699. The zero-order valence-corrected chi connectivity index (χ0v) is 19.7. The third kappa shape index (κ3) is 6.74. The van der Waals surface area contributed by atoms with E-state index in [1.165, 1.54) is 14.2 Å². The van der Waals surface area contributed by atoms with Crippen LogP contribution in [0, 0.1) is 11.3 Å². The summed E-state index contributed by atoms with van der Waals surface area (Å²) < 4.78 is 10.8. The molecule has 0 bridgehead atoms. The molecule has 0 saturated carbocycles. The summed E-state index contributed by atoms with van der Waals surface area (Å²) in [5, 5.41) is 21.3. The lowest BCUT2D eigenvalue weighted by molar-refractivity contribution is -0.136. The number of anilines is 1. The standard InChI is InChI=1S/C27H27N3O5/c1-34-24-14-21(10-13-26(31)32)22(15-25(24)35-2)18-30(23-11-8-19(16-28)9-12-23)27(33)29-17-20-6-4-3-5-7-20/h3-9,11-12,14-15H,10,13,17-18H2,1-2H3,(H,29,33)(H,31,32). The number of nitriles is 1. The van der Waals surface area contributed by atoms with Gasteiger partial charge >= 0.3 is 12.0 Å². The van der Waals surface area contributed by atoms with Gasteiger partial charge in [0.25, 0.3) is 0 Å². The number of carbonyl (C=O) groups is 2. The smallest absolute Gasteiger partial charge is 0.322 e. The largest absolute Gasteiger partial charge is 0.493 e. The van der Waals surface area contributed by atoms with E-state index in [-0.39, 0.29) is 25.4 Å². The van der Waals surface area contributed by atoms with Crippen molar-refractivity contribution in [2.45, 2.75) is 25.9 Å². The Labute approximate surface area is 204 Å². The van der Waals surface area contributed by atoms with Gasteiger partial charge in [-0.25, -0.2) is 4.79 Å². The van der Waals surface area contributed by atoms with Crippen LogP contribution in [-0.2, 0) is 24.3 Å². The summed E-state index contributed by atoms with van der Waals surface area (Å²) in [6.45, 7) is 0.492. The van der Waals surface area contributed by atoms with Gasteiger partial charge in [-0.05, 0) is 59.5 Å².